The highest BCUT2D eigenvalue weighted by Crippen LogP contribution is 2.16. The first-order valence-electron chi connectivity index (χ1n) is 11.8. The van der Waals surface area contributed by atoms with Crippen LogP contribution in [-0.4, -0.2) is 61.1 Å². The first-order valence-corrected chi connectivity index (χ1v) is 12.6. The van der Waals surface area contributed by atoms with Crippen molar-refractivity contribution in [2.45, 2.75) is 20.0 Å². The van der Waals surface area contributed by atoms with Crippen molar-refractivity contribution in [3.8, 4) is 0 Å². The number of esters is 1. The van der Waals surface area contributed by atoms with E-state index in [1.807, 2.05) is 17.5 Å². The molecule has 1 N–H and O–H groups in total. The topological polar surface area (TPSA) is 88.2 Å². The van der Waals surface area contributed by atoms with E-state index in [2.05, 4.69) is 5.32 Å². The van der Waals surface area contributed by atoms with Crippen LogP contribution in [0.25, 0.3) is 0 Å². The summed E-state index contributed by atoms with van der Waals surface area (Å²) in [5.41, 5.74) is 1.62. The van der Waals surface area contributed by atoms with E-state index in [-0.39, 0.29) is 44.6 Å². The molecule has 3 amide bonds. The summed E-state index contributed by atoms with van der Waals surface area (Å²) in [5, 5.41) is 4.70. The Hall–Kier alpha value is -3.76. The maximum atomic E-state index is 13.4. The van der Waals surface area contributed by atoms with E-state index >= 15 is 0 Å². The molecule has 0 bridgehead atoms. The summed E-state index contributed by atoms with van der Waals surface area (Å²) in [6.45, 7) is 2.88. The minimum atomic E-state index is -0.479. The molecule has 10 heteroatoms. The van der Waals surface area contributed by atoms with E-state index in [1.165, 1.54) is 35.5 Å². The number of nitrogens with zero attached hydrogens (tertiary/aromatic N) is 2. The van der Waals surface area contributed by atoms with E-state index < -0.39 is 12.0 Å². The molecule has 0 atom stereocenters. The zero-order valence-electron chi connectivity index (χ0n) is 20.8. The number of hydrogen-bond donors (Lipinski definition) is 1. The quantitative estimate of drug-likeness (QED) is 0.343. The number of thiophene rings is 1. The summed E-state index contributed by atoms with van der Waals surface area (Å²) in [5.74, 6) is -1.06. The minimum Gasteiger partial charge on any atom is -0.462 e. The molecule has 37 heavy (non-hydrogen) atoms. The molecule has 0 spiro atoms. The normalized spacial score (nSPS) is 10.6. The van der Waals surface area contributed by atoms with Crippen molar-refractivity contribution in [3.63, 3.8) is 0 Å². The van der Waals surface area contributed by atoms with E-state index in [0.717, 1.165) is 10.4 Å². The molecule has 0 fully saturated rings. The fourth-order valence-electron chi connectivity index (χ4n) is 3.46. The third-order valence-electron chi connectivity index (χ3n) is 5.39. The first-order chi connectivity index (χ1) is 17.9. The number of halogens is 1. The van der Waals surface area contributed by atoms with Gasteiger partial charge in [0, 0.05) is 30.8 Å². The SMILES string of the molecule is CCOC(=O)c1ccc(NC(=O)N(CCOC)CC(=O)N(Cc2ccc(F)cc2)Cc2cccs2)cc1. The number of rotatable bonds is 12. The number of benzene rings is 2. The van der Waals surface area contributed by atoms with E-state index in [4.69, 9.17) is 9.47 Å². The number of carbonyl (C=O) groups excluding carboxylic acids is 3. The molecular weight excluding hydrogens is 497 g/mol. The van der Waals surface area contributed by atoms with Crippen LogP contribution >= 0.6 is 11.3 Å². The summed E-state index contributed by atoms with van der Waals surface area (Å²) < 4.78 is 23.5. The summed E-state index contributed by atoms with van der Waals surface area (Å²) >= 11 is 1.53. The third-order valence-corrected chi connectivity index (χ3v) is 6.25. The van der Waals surface area contributed by atoms with Crippen LogP contribution in [0.2, 0.25) is 0 Å². The van der Waals surface area contributed by atoms with Crippen LogP contribution in [0.5, 0.6) is 0 Å². The molecule has 1 heterocycles. The van der Waals surface area contributed by atoms with E-state index in [9.17, 15) is 18.8 Å². The Morgan fingerprint density at radius 3 is 2.32 bits per heavy atom. The van der Waals surface area contributed by atoms with Gasteiger partial charge in [-0.2, -0.15) is 0 Å². The zero-order chi connectivity index (χ0) is 26.6. The monoisotopic (exact) mass is 527 g/mol. The number of amides is 3. The Kier molecular flexibility index (Phi) is 10.6. The number of anilines is 1. The second-order valence-electron chi connectivity index (χ2n) is 8.10. The number of nitrogens with one attached hydrogen (secondary N) is 1. The fraction of sp³-hybridized carbons (Fsp3) is 0.296. The van der Waals surface area contributed by atoms with E-state index in [1.54, 1.807) is 48.2 Å². The summed E-state index contributed by atoms with van der Waals surface area (Å²) in [6, 6.07) is 15.7. The van der Waals surface area contributed by atoms with Gasteiger partial charge in [-0.25, -0.2) is 14.0 Å². The summed E-state index contributed by atoms with van der Waals surface area (Å²) in [4.78, 5) is 42.3. The zero-order valence-corrected chi connectivity index (χ0v) is 21.6. The molecule has 0 aliphatic heterocycles. The van der Waals surface area contributed by atoms with Crippen molar-refractivity contribution in [3.05, 3.63) is 87.9 Å². The van der Waals surface area contributed by atoms with Gasteiger partial charge in [0.15, 0.2) is 0 Å². The lowest BCUT2D eigenvalue weighted by Gasteiger charge is -2.27. The second kappa shape index (κ2) is 14.1. The van der Waals surface area contributed by atoms with Crippen molar-refractivity contribution in [2.24, 2.45) is 0 Å². The molecule has 8 nitrogen and oxygen atoms in total. The van der Waals surface area contributed by atoms with Gasteiger partial charge in [-0.05, 0) is 60.3 Å². The number of carbonyl (C=O) groups is 3. The van der Waals surface area contributed by atoms with Gasteiger partial charge in [0.25, 0.3) is 0 Å². The summed E-state index contributed by atoms with van der Waals surface area (Å²) in [6.07, 6.45) is 0. The predicted octanol–water partition coefficient (Wildman–Crippen LogP) is 4.77. The van der Waals surface area contributed by atoms with Crippen molar-refractivity contribution in [1.82, 2.24) is 9.80 Å². The molecule has 0 saturated heterocycles. The maximum absolute atomic E-state index is 13.4. The van der Waals surface area contributed by atoms with Crippen LogP contribution in [-0.2, 0) is 27.4 Å². The van der Waals surface area contributed by atoms with Crippen LogP contribution < -0.4 is 5.32 Å². The smallest absolute Gasteiger partial charge is 0.338 e. The molecule has 3 rings (SSSR count). The number of hydrogen-bond acceptors (Lipinski definition) is 6. The second-order valence-corrected chi connectivity index (χ2v) is 9.13. The number of ether oxygens (including phenoxy) is 2. The molecule has 196 valence electrons. The van der Waals surface area contributed by atoms with Gasteiger partial charge in [0.1, 0.15) is 12.4 Å². The Bertz CT molecular complexity index is 1150. The van der Waals surface area contributed by atoms with Crippen molar-refractivity contribution in [2.75, 3.05) is 38.7 Å². The van der Waals surface area contributed by atoms with E-state index in [0.29, 0.717) is 17.8 Å². The van der Waals surface area contributed by atoms with Crippen LogP contribution in [0.15, 0.2) is 66.0 Å². The Morgan fingerprint density at radius 2 is 1.70 bits per heavy atom. The van der Waals surface area contributed by atoms with Crippen LogP contribution in [0.3, 0.4) is 0 Å². The minimum absolute atomic E-state index is 0.178. The van der Waals surface area contributed by atoms with Crippen molar-refractivity contribution in [1.29, 1.82) is 0 Å². The largest absolute Gasteiger partial charge is 0.462 e. The predicted molar refractivity (Wildman–Crippen MR) is 140 cm³/mol. The molecule has 0 unspecified atom stereocenters. The van der Waals surface area contributed by atoms with Gasteiger partial charge >= 0.3 is 12.0 Å². The fourth-order valence-corrected chi connectivity index (χ4v) is 4.18. The molecule has 0 aliphatic carbocycles. The van der Waals surface area contributed by atoms with Gasteiger partial charge in [0.2, 0.25) is 5.91 Å². The van der Waals surface area contributed by atoms with Gasteiger partial charge in [-0.1, -0.05) is 18.2 Å². The molecule has 3 aromatic rings. The third kappa shape index (κ3) is 8.69. The van der Waals surface area contributed by atoms with Crippen LogP contribution in [0, 0.1) is 5.82 Å². The number of urea groups is 1. The van der Waals surface area contributed by atoms with Crippen molar-refractivity contribution < 1.29 is 28.2 Å². The van der Waals surface area contributed by atoms with Gasteiger partial charge in [-0.3, -0.25) is 4.79 Å². The highest BCUT2D eigenvalue weighted by Gasteiger charge is 2.22. The van der Waals surface area contributed by atoms with Gasteiger partial charge in [-0.15, -0.1) is 11.3 Å². The Labute approximate surface area is 219 Å². The molecule has 0 aliphatic rings. The van der Waals surface area contributed by atoms with Crippen LogP contribution in [0.1, 0.15) is 27.7 Å². The summed E-state index contributed by atoms with van der Waals surface area (Å²) in [7, 11) is 1.52. The lowest BCUT2D eigenvalue weighted by Crippen LogP contribution is -2.45. The molecule has 0 saturated carbocycles. The molecular formula is C27H30FN3O5S. The molecule has 0 radical (unpaired) electrons. The lowest BCUT2D eigenvalue weighted by molar-refractivity contribution is -0.133. The van der Waals surface area contributed by atoms with Gasteiger partial charge in [0.05, 0.1) is 25.3 Å². The lowest BCUT2D eigenvalue weighted by atomic mass is 10.2. The molecule has 2 aromatic carbocycles. The highest BCUT2D eigenvalue weighted by molar-refractivity contribution is 7.09. The molecule has 1 aromatic heterocycles. The number of methoxy groups -OCH3 is 1. The average Bonchev–Trinajstić information content (AvgIpc) is 3.41. The maximum Gasteiger partial charge on any atom is 0.338 e. The van der Waals surface area contributed by atoms with Crippen molar-refractivity contribution >= 4 is 34.9 Å². The Morgan fingerprint density at radius 1 is 0.973 bits per heavy atom. The van der Waals surface area contributed by atoms with Crippen LogP contribution in [0.4, 0.5) is 14.9 Å². The first kappa shape index (κ1) is 27.8. The highest BCUT2D eigenvalue weighted by atomic mass is 32.1. The average molecular weight is 528 g/mol. The Balaban J connectivity index is 1.71. The standard InChI is InChI=1S/C27H30FN3O5S/c1-3-36-26(33)21-8-12-23(13-9-21)29-27(34)30(14-15-35-2)19-25(32)31(18-24-5-4-16-37-24)17-20-6-10-22(28)11-7-20/h4-13,16H,3,14-15,17-19H2,1-2H3,(H,29,34). The van der Waals surface area contributed by atoms with Gasteiger partial charge < -0.3 is 24.6 Å².